The van der Waals surface area contributed by atoms with Crippen LogP contribution in [0, 0.1) is 28.4 Å². The number of nitrogens with one attached hydrogen (secondary N) is 1. The van der Waals surface area contributed by atoms with Gasteiger partial charge < -0.3 is 14.8 Å². The van der Waals surface area contributed by atoms with Gasteiger partial charge in [-0.1, -0.05) is 42.5 Å². The Hall–Kier alpha value is -4.64. The zero-order chi connectivity index (χ0) is 24.5. The molecule has 3 aromatic carbocycles. The van der Waals surface area contributed by atoms with Crippen LogP contribution in [0.25, 0.3) is 6.08 Å². The first kappa shape index (κ1) is 24.0. The molecular formula is C26H23N3O5. The average molecular weight is 457 g/mol. The highest BCUT2D eigenvalue weighted by Gasteiger charge is 2.15. The molecule has 0 spiro atoms. The molecule has 0 aromatic heterocycles. The fraction of sp³-hybridized carbons (Fsp3) is 0.154. The molecule has 0 fully saturated rings. The predicted octanol–water partition coefficient (Wildman–Crippen LogP) is 5.43. The number of hydrogen-bond acceptors (Lipinski definition) is 6. The number of benzene rings is 3. The van der Waals surface area contributed by atoms with E-state index in [0.29, 0.717) is 35.8 Å². The third-order valence-corrected chi connectivity index (χ3v) is 4.86. The lowest BCUT2D eigenvalue weighted by Gasteiger charge is -2.13. The summed E-state index contributed by atoms with van der Waals surface area (Å²) in [5, 5.41) is 23.1. The Labute approximate surface area is 197 Å². The number of nitro benzene ring substituents is 1. The molecule has 1 amide bonds. The van der Waals surface area contributed by atoms with Gasteiger partial charge in [-0.15, -0.1) is 0 Å². The molecule has 3 rings (SSSR count). The molecule has 0 bridgehead atoms. The van der Waals surface area contributed by atoms with E-state index in [1.54, 1.807) is 25.1 Å². The Morgan fingerprint density at radius 2 is 1.85 bits per heavy atom. The van der Waals surface area contributed by atoms with Gasteiger partial charge in [-0.05, 0) is 48.7 Å². The van der Waals surface area contributed by atoms with Crippen LogP contribution in [-0.2, 0) is 11.4 Å². The van der Waals surface area contributed by atoms with Crippen molar-refractivity contribution in [2.24, 2.45) is 0 Å². The summed E-state index contributed by atoms with van der Waals surface area (Å²) in [5.41, 5.74) is 2.16. The number of carbonyl (C=O) groups is 1. The zero-order valence-electron chi connectivity index (χ0n) is 18.8. The highest BCUT2D eigenvalue weighted by Crippen LogP contribution is 2.30. The van der Waals surface area contributed by atoms with Crippen molar-refractivity contribution in [3.8, 4) is 17.6 Å². The summed E-state index contributed by atoms with van der Waals surface area (Å²) < 4.78 is 11.6. The minimum atomic E-state index is -0.673. The molecule has 8 nitrogen and oxygen atoms in total. The molecule has 0 radical (unpaired) electrons. The van der Waals surface area contributed by atoms with E-state index in [9.17, 15) is 20.2 Å². The number of nitro groups is 1. The molecule has 0 saturated heterocycles. The zero-order valence-corrected chi connectivity index (χ0v) is 18.8. The third kappa shape index (κ3) is 6.20. The number of ether oxygens (including phenoxy) is 2. The first-order valence-electron chi connectivity index (χ1n) is 10.5. The molecule has 1 N–H and O–H groups in total. The van der Waals surface area contributed by atoms with Crippen molar-refractivity contribution in [3.05, 3.63) is 99.1 Å². The molecule has 0 aliphatic carbocycles. The molecule has 8 heteroatoms. The normalized spacial score (nSPS) is 10.8. The van der Waals surface area contributed by atoms with Crippen LogP contribution in [0.1, 0.15) is 23.6 Å². The highest BCUT2D eigenvalue weighted by atomic mass is 16.6. The van der Waals surface area contributed by atoms with Crippen LogP contribution in [0.4, 0.5) is 11.4 Å². The molecule has 0 aliphatic rings. The van der Waals surface area contributed by atoms with Crippen LogP contribution in [-0.4, -0.2) is 17.4 Å². The maximum Gasteiger partial charge on any atom is 0.271 e. The fourth-order valence-electron chi connectivity index (χ4n) is 3.10. The summed E-state index contributed by atoms with van der Waals surface area (Å²) >= 11 is 0. The first-order chi connectivity index (χ1) is 16.4. The topological polar surface area (TPSA) is 114 Å². The summed E-state index contributed by atoms with van der Waals surface area (Å²) in [6.07, 6.45) is 1.42. The van der Waals surface area contributed by atoms with Gasteiger partial charge in [-0.2, -0.15) is 5.26 Å². The summed E-state index contributed by atoms with van der Waals surface area (Å²) in [5.74, 6) is 0.353. The van der Waals surface area contributed by atoms with Crippen molar-refractivity contribution in [1.82, 2.24) is 0 Å². The Kier molecular flexibility index (Phi) is 7.97. The van der Waals surface area contributed by atoms with Crippen molar-refractivity contribution in [1.29, 1.82) is 5.26 Å². The van der Waals surface area contributed by atoms with Gasteiger partial charge in [0.15, 0.2) is 11.5 Å². The predicted molar refractivity (Wildman–Crippen MR) is 128 cm³/mol. The second kappa shape index (κ2) is 11.3. The smallest absolute Gasteiger partial charge is 0.271 e. The van der Waals surface area contributed by atoms with Crippen molar-refractivity contribution >= 4 is 23.4 Å². The van der Waals surface area contributed by atoms with E-state index in [0.717, 1.165) is 5.56 Å². The van der Waals surface area contributed by atoms with E-state index in [1.807, 2.05) is 43.3 Å². The number of rotatable bonds is 9. The van der Waals surface area contributed by atoms with E-state index in [1.165, 1.54) is 24.3 Å². The molecule has 0 heterocycles. The van der Waals surface area contributed by atoms with E-state index in [2.05, 4.69) is 5.32 Å². The van der Waals surface area contributed by atoms with Crippen LogP contribution in [0.3, 0.4) is 0 Å². The first-order valence-corrected chi connectivity index (χ1v) is 10.5. The lowest BCUT2D eigenvalue weighted by molar-refractivity contribution is -0.384. The van der Waals surface area contributed by atoms with Gasteiger partial charge in [0, 0.05) is 12.1 Å². The molecule has 0 unspecified atom stereocenters. The maximum atomic E-state index is 12.7. The largest absolute Gasteiger partial charge is 0.490 e. The number of non-ortho nitro benzene ring substituents is 1. The van der Waals surface area contributed by atoms with Gasteiger partial charge in [-0.25, -0.2) is 0 Å². The average Bonchev–Trinajstić information content (AvgIpc) is 2.84. The lowest BCUT2D eigenvalue weighted by Crippen LogP contribution is -2.14. The van der Waals surface area contributed by atoms with Gasteiger partial charge in [0.2, 0.25) is 0 Å². The minimum absolute atomic E-state index is 0.157. The number of amides is 1. The Morgan fingerprint density at radius 3 is 2.53 bits per heavy atom. The number of hydrogen-bond donors (Lipinski definition) is 1. The van der Waals surface area contributed by atoms with E-state index in [4.69, 9.17) is 9.47 Å². The molecular weight excluding hydrogens is 434 g/mol. The standard InChI is InChI=1S/C26H23N3O5/c1-3-33-25-14-20(10-12-24(25)34-17-19-7-5-4-6-8-19)13-21(16-27)26(30)28-23-15-22(29(31)32)11-9-18(23)2/h4-15H,3,17H2,1-2H3,(H,28,30)/b21-13+. The molecule has 3 aromatic rings. The van der Waals surface area contributed by atoms with Gasteiger partial charge >= 0.3 is 0 Å². The summed E-state index contributed by atoms with van der Waals surface area (Å²) in [6, 6.07) is 20.9. The van der Waals surface area contributed by atoms with Crippen molar-refractivity contribution in [3.63, 3.8) is 0 Å². The van der Waals surface area contributed by atoms with E-state index in [-0.39, 0.29) is 16.9 Å². The van der Waals surface area contributed by atoms with Crippen LogP contribution >= 0.6 is 0 Å². The summed E-state index contributed by atoms with van der Waals surface area (Å²) in [7, 11) is 0. The van der Waals surface area contributed by atoms with Crippen molar-refractivity contribution in [2.45, 2.75) is 20.5 Å². The molecule has 0 saturated carbocycles. The Balaban J connectivity index is 1.81. The molecule has 172 valence electrons. The van der Waals surface area contributed by atoms with Gasteiger partial charge in [0.1, 0.15) is 18.2 Å². The van der Waals surface area contributed by atoms with Crippen LogP contribution in [0.5, 0.6) is 11.5 Å². The number of carbonyl (C=O) groups excluding carboxylic acids is 1. The summed E-state index contributed by atoms with van der Waals surface area (Å²) in [6.45, 7) is 4.33. The quantitative estimate of drug-likeness (QED) is 0.198. The minimum Gasteiger partial charge on any atom is -0.490 e. The lowest BCUT2D eigenvalue weighted by atomic mass is 10.1. The molecule has 34 heavy (non-hydrogen) atoms. The van der Waals surface area contributed by atoms with E-state index >= 15 is 0 Å². The van der Waals surface area contributed by atoms with Gasteiger partial charge in [0.05, 0.1) is 17.2 Å². The number of anilines is 1. The van der Waals surface area contributed by atoms with Crippen molar-refractivity contribution in [2.75, 3.05) is 11.9 Å². The SMILES string of the molecule is CCOc1cc(/C=C(\C#N)C(=O)Nc2cc([N+](=O)[O-])ccc2C)ccc1OCc1ccccc1. The van der Waals surface area contributed by atoms with Crippen LogP contribution < -0.4 is 14.8 Å². The van der Waals surface area contributed by atoms with Crippen molar-refractivity contribution < 1.29 is 19.2 Å². The van der Waals surface area contributed by atoms with Crippen LogP contribution in [0.2, 0.25) is 0 Å². The van der Waals surface area contributed by atoms with Gasteiger partial charge in [-0.3, -0.25) is 14.9 Å². The maximum absolute atomic E-state index is 12.7. The molecule has 0 aliphatic heterocycles. The Bertz CT molecular complexity index is 1260. The fourth-order valence-corrected chi connectivity index (χ4v) is 3.10. The second-order valence-electron chi connectivity index (χ2n) is 7.29. The van der Waals surface area contributed by atoms with Crippen LogP contribution in [0.15, 0.2) is 72.3 Å². The third-order valence-electron chi connectivity index (χ3n) is 4.86. The number of nitrogens with zero attached hydrogens (tertiary/aromatic N) is 2. The second-order valence-corrected chi connectivity index (χ2v) is 7.29. The molecule has 0 atom stereocenters. The number of aryl methyl sites for hydroxylation is 1. The number of nitriles is 1. The van der Waals surface area contributed by atoms with E-state index < -0.39 is 10.8 Å². The Morgan fingerprint density at radius 1 is 1.09 bits per heavy atom. The summed E-state index contributed by atoms with van der Waals surface area (Å²) in [4.78, 5) is 23.2. The monoisotopic (exact) mass is 457 g/mol. The van der Waals surface area contributed by atoms with Gasteiger partial charge in [0.25, 0.3) is 11.6 Å². The highest BCUT2D eigenvalue weighted by molar-refractivity contribution is 6.10.